The lowest BCUT2D eigenvalue weighted by molar-refractivity contribution is 0.251. The van der Waals surface area contributed by atoms with Gasteiger partial charge in [-0.25, -0.2) is 4.79 Å². The summed E-state index contributed by atoms with van der Waals surface area (Å²) in [7, 11) is 0. The Hall–Kier alpha value is -2.04. The van der Waals surface area contributed by atoms with Crippen LogP contribution in [0, 0.1) is 12.3 Å². The smallest absolute Gasteiger partial charge is 0.319 e. The van der Waals surface area contributed by atoms with Crippen LogP contribution in [-0.2, 0) is 0 Å². The summed E-state index contributed by atoms with van der Waals surface area (Å²) in [6.07, 6.45) is 2.08. The van der Waals surface area contributed by atoms with Crippen LogP contribution in [0.15, 0.2) is 18.2 Å². The number of urea groups is 1. The molecule has 0 spiro atoms. The van der Waals surface area contributed by atoms with Crippen molar-refractivity contribution in [3.8, 4) is 0 Å². The zero-order valence-electron chi connectivity index (χ0n) is 9.71. The van der Waals surface area contributed by atoms with Crippen LogP contribution in [0.1, 0.15) is 24.0 Å². The Morgan fingerprint density at radius 1 is 1.47 bits per heavy atom. The van der Waals surface area contributed by atoms with Gasteiger partial charge in [-0.2, -0.15) is 0 Å². The third-order valence-corrected chi connectivity index (χ3v) is 2.70. The van der Waals surface area contributed by atoms with Crippen molar-refractivity contribution in [1.29, 1.82) is 5.41 Å². The van der Waals surface area contributed by atoms with Gasteiger partial charge in [0.05, 0.1) is 5.69 Å². The molecule has 0 aliphatic heterocycles. The highest BCUT2D eigenvalue weighted by molar-refractivity contribution is 6.05. The summed E-state index contributed by atoms with van der Waals surface area (Å²) < 4.78 is 0. The molecular formula is C12H16N4O. The predicted molar refractivity (Wildman–Crippen MR) is 67.4 cm³/mol. The van der Waals surface area contributed by atoms with Gasteiger partial charge in [-0.15, -0.1) is 0 Å². The van der Waals surface area contributed by atoms with Crippen molar-refractivity contribution in [3.05, 3.63) is 29.3 Å². The number of nitrogens with one attached hydrogen (secondary N) is 3. The number of amides is 2. The first kappa shape index (κ1) is 11.4. The first-order chi connectivity index (χ1) is 8.08. The van der Waals surface area contributed by atoms with Gasteiger partial charge >= 0.3 is 6.03 Å². The molecule has 1 fully saturated rings. The summed E-state index contributed by atoms with van der Waals surface area (Å²) >= 11 is 0. The number of nitrogen functional groups attached to an aromatic ring is 1. The molecule has 0 radical (unpaired) electrons. The maximum Gasteiger partial charge on any atom is 0.319 e. The van der Waals surface area contributed by atoms with Crippen molar-refractivity contribution in [3.63, 3.8) is 0 Å². The monoisotopic (exact) mass is 232 g/mol. The van der Waals surface area contributed by atoms with E-state index in [1.54, 1.807) is 6.07 Å². The molecule has 0 aromatic heterocycles. The van der Waals surface area contributed by atoms with E-state index in [0.29, 0.717) is 17.3 Å². The third kappa shape index (κ3) is 2.75. The number of rotatable bonds is 3. The summed E-state index contributed by atoms with van der Waals surface area (Å²) in [5, 5.41) is 13.1. The predicted octanol–water partition coefficient (Wildman–Crippen LogP) is 1.56. The van der Waals surface area contributed by atoms with Crippen LogP contribution in [0.4, 0.5) is 10.5 Å². The summed E-state index contributed by atoms with van der Waals surface area (Å²) in [6.45, 7) is 1.86. The number of hydrogen-bond acceptors (Lipinski definition) is 2. The molecule has 5 N–H and O–H groups in total. The molecule has 5 heteroatoms. The number of hydrogen-bond donors (Lipinski definition) is 4. The zero-order chi connectivity index (χ0) is 12.4. The largest absolute Gasteiger partial charge is 0.384 e. The molecule has 0 bridgehead atoms. The fourth-order valence-corrected chi connectivity index (χ4v) is 1.70. The fraction of sp³-hybridized carbons (Fsp3) is 0.333. The normalized spacial score (nSPS) is 14.2. The van der Waals surface area contributed by atoms with Crippen LogP contribution in [0.2, 0.25) is 0 Å². The Balaban J connectivity index is 2.16. The molecular weight excluding hydrogens is 216 g/mol. The van der Waals surface area contributed by atoms with E-state index in [0.717, 1.165) is 18.4 Å². The van der Waals surface area contributed by atoms with E-state index in [4.69, 9.17) is 11.1 Å². The summed E-state index contributed by atoms with van der Waals surface area (Å²) in [4.78, 5) is 11.6. The number of aryl methyl sites for hydroxylation is 1. The highest BCUT2D eigenvalue weighted by Crippen LogP contribution is 2.21. The molecule has 1 aromatic rings. The van der Waals surface area contributed by atoms with Crippen molar-refractivity contribution < 1.29 is 4.79 Å². The Bertz CT molecular complexity index is 466. The minimum absolute atomic E-state index is 0.0372. The first-order valence-electron chi connectivity index (χ1n) is 5.59. The fourth-order valence-electron chi connectivity index (χ4n) is 1.70. The van der Waals surface area contributed by atoms with Gasteiger partial charge in [0.15, 0.2) is 0 Å². The second kappa shape index (κ2) is 4.45. The average molecular weight is 232 g/mol. The maximum absolute atomic E-state index is 11.6. The molecule has 1 aromatic carbocycles. The molecule has 17 heavy (non-hydrogen) atoms. The number of carbonyl (C=O) groups excluding carboxylic acids is 1. The van der Waals surface area contributed by atoms with E-state index < -0.39 is 0 Å². The number of anilines is 1. The molecule has 2 rings (SSSR count). The van der Waals surface area contributed by atoms with Crippen LogP contribution in [0.3, 0.4) is 0 Å². The van der Waals surface area contributed by atoms with E-state index >= 15 is 0 Å². The van der Waals surface area contributed by atoms with Crippen molar-refractivity contribution in [2.24, 2.45) is 5.73 Å². The van der Waals surface area contributed by atoms with Gasteiger partial charge in [0, 0.05) is 11.6 Å². The van der Waals surface area contributed by atoms with Crippen molar-refractivity contribution in [2.45, 2.75) is 25.8 Å². The molecule has 90 valence electrons. The van der Waals surface area contributed by atoms with Gasteiger partial charge in [-0.1, -0.05) is 12.1 Å². The zero-order valence-corrected chi connectivity index (χ0v) is 9.71. The van der Waals surface area contributed by atoms with Crippen LogP contribution in [0.25, 0.3) is 0 Å². The van der Waals surface area contributed by atoms with E-state index in [1.807, 2.05) is 19.1 Å². The Morgan fingerprint density at radius 2 is 2.18 bits per heavy atom. The molecule has 1 saturated carbocycles. The van der Waals surface area contributed by atoms with Gasteiger partial charge in [0.1, 0.15) is 5.84 Å². The van der Waals surface area contributed by atoms with Crippen LogP contribution in [-0.4, -0.2) is 17.9 Å². The molecule has 0 heterocycles. The van der Waals surface area contributed by atoms with Gasteiger partial charge in [0.2, 0.25) is 0 Å². The van der Waals surface area contributed by atoms with E-state index in [1.165, 1.54) is 0 Å². The van der Waals surface area contributed by atoms with E-state index in [9.17, 15) is 4.79 Å². The number of benzene rings is 1. The van der Waals surface area contributed by atoms with Crippen molar-refractivity contribution in [1.82, 2.24) is 5.32 Å². The van der Waals surface area contributed by atoms with Crippen LogP contribution < -0.4 is 16.4 Å². The standard InChI is InChI=1S/C12H16N4O/c1-7-3-2-4-9(10(7)11(13)14)16-12(17)15-8-5-6-8/h2-4,8H,5-6H2,1H3,(H3,13,14)(H2,15,16,17). The quantitative estimate of drug-likeness (QED) is 0.470. The van der Waals surface area contributed by atoms with Gasteiger partial charge in [0.25, 0.3) is 0 Å². The Kier molecular flexibility index (Phi) is 2.99. The summed E-state index contributed by atoms with van der Waals surface area (Å²) in [6, 6.07) is 5.51. The van der Waals surface area contributed by atoms with E-state index in [-0.39, 0.29) is 11.9 Å². The van der Waals surface area contributed by atoms with Gasteiger partial charge < -0.3 is 16.4 Å². The van der Waals surface area contributed by atoms with Crippen LogP contribution >= 0.6 is 0 Å². The lowest BCUT2D eigenvalue weighted by atomic mass is 10.1. The molecule has 0 atom stereocenters. The second-order valence-corrected chi connectivity index (χ2v) is 4.28. The molecule has 5 nitrogen and oxygen atoms in total. The van der Waals surface area contributed by atoms with Crippen molar-refractivity contribution >= 4 is 17.6 Å². The summed E-state index contributed by atoms with van der Waals surface area (Å²) in [5.41, 5.74) is 7.55. The van der Waals surface area contributed by atoms with Crippen molar-refractivity contribution in [2.75, 3.05) is 5.32 Å². The Morgan fingerprint density at radius 3 is 2.76 bits per heavy atom. The molecule has 2 amide bonds. The molecule has 0 saturated heterocycles. The topological polar surface area (TPSA) is 91.0 Å². The molecule has 1 aliphatic rings. The number of nitrogens with two attached hydrogens (primary N) is 1. The van der Waals surface area contributed by atoms with Crippen LogP contribution in [0.5, 0.6) is 0 Å². The highest BCUT2D eigenvalue weighted by atomic mass is 16.2. The SMILES string of the molecule is Cc1cccc(NC(=O)NC2CC2)c1C(=N)N. The van der Waals surface area contributed by atoms with Gasteiger partial charge in [-0.3, -0.25) is 5.41 Å². The number of amidine groups is 1. The maximum atomic E-state index is 11.6. The Labute approximate surface area is 99.9 Å². The molecule has 1 aliphatic carbocycles. The second-order valence-electron chi connectivity index (χ2n) is 4.28. The highest BCUT2D eigenvalue weighted by Gasteiger charge is 2.23. The minimum Gasteiger partial charge on any atom is -0.384 e. The first-order valence-corrected chi connectivity index (χ1v) is 5.59. The van der Waals surface area contributed by atoms with E-state index in [2.05, 4.69) is 10.6 Å². The van der Waals surface area contributed by atoms with Gasteiger partial charge in [-0.05, 0) is 31.4 Å². The average Bonchev–Trinajstić information content (AvgIpc) is 3.00. The number of carbonyl (C=O) groups is 1. The third-order valence-electron chi connectivity index (χ3n) is 2.70. The summed E-state index contributed by atoms with van der Waals surface area (Å²) in [5.74, 6) is -0.0372. The lowest BCUT2D eigenvalue weighted by Gasteiger charge is -2.12. The molecule has 0 unspecified atom stereocenters. The minimum atomic E-state index is -0.236. The lowest BCUT2D eigenvalue weighted by Crippen LogP contribution is -2.31.